The third-order valence-corrected chi connectivity index (χ3v) is 9.07. The van der Waals surface area contributed by atoms with Crippen molar-refractivity contribution in [2.75, 3.05) is 6.54 Å². The van der Waals surface area contributed by atoms with Crippen LogP contribution in [0.3, 0.4) is 0 Å². The number of likely N-dealkylation sites (tertiary alicyclic amines) is 1. The molecule has 0 radical (unpaired) electrons. The van der Waals surface area contributed by atoms with Crippen molar-refractivity contribution in [3.05, 3.63) is 76.4 Å². The number of carbonyl (C=O) groups is 3. The summed E-state index contributed by atoms with van der Waals surface area (Å²) < 4.78 is 0. The van der Waals surface area contributed by atoms with E-state index in [0.29, 0.717) is 24.6 Å². The Morgan fingerprint density at radius 2 is 1.88 bits per heavy atom. The van der Waals surface area contributed by atoms with Gasteiger partial charge in [0.15, 0.2) is 0 Å². The first-order valence-electron chi connectivity index (χ1n) is 14.0. The van der Waals surface area contributed by atoms with Crippen molar-refractivity contribution in [3.63, 3.8) is 0 Å². The van der Waals surface area contributed by atoms with Crippen LogP contribution in [0.1, 0.15) is 66.2 Å². The second kappa shape index (κ2) is 10.8. The highest BCUT2D eigenvalue weighted by atomic mass is 32.1. The third kappa shape index (κ3) is 5.04. The minimum atomic E-state index is -0.793. The highest BCUT2D eigenvalue weighted by molar-refractivity contribution is 7.13. The molecule has 3 aliphatic rings. The number of nitrogens with one attached hydrogen (secondary N) is 1. The lowest BCUT2D eigenvalue weighted by Crippen LogP contribution is -2.55. The fraction of sp³-hybridized carbons (Fsp3) is 0.419. The van der Waals surface area contributed by atoms with E-state index in [1.165, 1.54) is 28.3 Å². The number of benzene rings is 2. The lowest BCUT2D eigenvalue weighted by atomic mass is 10.0. The predicted octanol–water partition coefficient (Wildman–Crippen LogP) is 3.95. The second-order valence-electron chi connectivity index (χ2n) is 11.4. The largest absolute Gasteiger partial charge is 0.391 e. The van der Waals surface area contributed by atoms with Crippen LogP contribution in [0.15, 0.2) is 54.0 Å². The number of nitrogens with zero attached hydrogens (tertiary/aromatic N) is 3. The zero-order chi connectivity index (χ0) is 28.0. The first-order valence-corrected chi connectivity index (χ1v) is 14.9. The van der Waals surface area contributed by atoms with Gasteiger partial charge >= 0.3 is 0 Å². The van der Waals surface area contributed by atoms with Crippen LogP contribution >= 0.6 is 11.3 Å². The highest BCUT2D eigenvalue weighted by Crippen LogP contribution is 2.45. The molecule has 1 saturated carbocycles. The van der Waals surface area contributed by atoms with Gasteiger partial charge in [0.05, 0.1) is 22.2 Å². The summed E-state index contributed by atoms with van der Waals surface area (Å²) in [5, 5.41) is 13.4. The molecule has 6 rings (SSSR count). The number of hydrogen-bond donors (Lipinski definition) is 2. The maximum Gasteiger partial charge on any atom is 0.255 e. The molecule has 3 heterocycles. The smallest absolute Gasteiger partial charge is 0.255 e. The molecule has 8 nitrogen and oxygen atoms in total. The second-order valence-corrected chi connectivity index (χ2v) is 12.3. The molecule has 1 unspecified atom stereocenters. The molecule has 2 fully saturated rings. The first-order chi connectivity index (χ1) is 19.3. The number of rotatable bonds is 8. The van der Waals surface area contributed by atoms with Gasteiger partial charge in [-0.05, 0) is 41.5 Å². The Bertz CT molecular complexity index is 1430. The Morgan fingerprint density at radius 3 is 2.58 bits per heavy atom. The van der Waals surface area contributed by atoms with Crippen LogP contribution < -0.4 is 5.32 Å². The number of thiazole rings is 1. The molecule has 3 atom stereocenters. The Morgan fingerprint density at radius 1 is 1.12 bits per heavy atom. The van der Waals surface area contributed by atoms with Gasteiger partial charge in [0.25, 0.3) is 5.91 Å². The van der Waals surface area contributed by atoms with E-state index in [1.54, 1.807) is 22.3 Å². The summed E-state index contributed by atoms with van der Waals surface area (Å²) in [6, 6.07) is 14.0. The molecule has 0 bridgehead atoms. The molecule has 2 N–H and O–H groups in total. The summed E-state index contributed by atoms with van der Waals surface area (Å²) in [7, 11) is 0. The van der Waals surface area contributed by atoms with Crippen molar-refractivity contribution in [2.45, 2.75) is 70.3 Å². The van der Waals surface area contributed by atoms with E-state index < -0.39 is 18.2 Å². The van der Waals surface area contributed by atoms with E-state index in [1.807, 2.05) is 49.7 Å². The topological polar surface area (TPSA) is 103 Å². The molecule has 3 aromatic rings. The molecule has 1 aromatic heterocycles. The Kier molecular flexibility index (Phi) is 7.18. The molecule has 9 heteroatoms. The third-order valence-electron chi connectivity index (χ3n) is 8.18. The van der Waals surface area contributed by atoms with Crippen LogP contribution in [0, 0.1) is 5.92 Å². The van der Waals surface area contributed by atoms with Crippen LogP contribution in [-0.4, -0.2) is 62.3 Å². The summed E-state index contributed by atoms with van der Waals surface area (Å²) in [6.45, 7) is 4.56. The quantitative estimate of drug-likeness (QED) is 0.436. The molecule has 208 valence electrons. The maximum absolute atomic E-state index is 13.9. The zero-order valence-corrected chi connectivity index (χ0v) is 23.6. The Hall–Kier alpha value is -3.56. The average Bonchev–Trinajstić information content (AvgIpc) is 3.39. The number of carbonyl (C=O) groups excluding carboxylic acids is 3. The number of aliphatic hydroxyl groups excluding tert-OH is 1. The molecule has 2 aromatic carbocycles. The van der Waals surface area contributed by atoms with Crippen molar-refractivity contribution in [3.8, 4) is 10.4 Å². The van der Waals surface area contributed by atoms with Gasteiger partial charge in [0.1, 0.15) is 12.1 Å². The Labute approximate surface area is 238 Å². The van der Waals surface area contributed by atoms with E-state index in [0.717, 1.165) is 16.7 Å². The maximum atomic E-state index is 13.9. The van der Waals surface area contributed by atoms with Crippen LogP contribution in [0.2, 0.25) is 0 Å². The zero-order valence-electron chi connectivity index (χ0n) is 22.7. The minimum absolute atomic E-state index is 0.0714. The van der Waals surface area contributed by atoms with E-state index in [2.05, 4.69) is 22.4 Å². The van der Waals surface area contributed by atoms with Gasteiger partial charge in [-0.25, -0.2) is 4.98 Å². The van der Waals surface area contributed by atoms with Gasteiger partial charge < -0.3 is 20.2 Å². The van der Waals surface area contributed by atoms with Gasteiger partial charge in [-0.15, -0.1) is 11.3 Å². The standard InChI is InChI=1S/C31H34N4O4S/c1-18(2)27(35-15-22-5-3-4-6-24(22)30(35)38)31(39)34-16-23(36)13-25(34)29(37)32-14-19-7-9-21(10-8-19)28-26(20-11-12-20)33-17-40-28/h3-10,17-18,20,23,25,27,36H,11-16H2,1-2H3,(H,32,37)/t23-,25+,27?/m1/s1. The summed E-state index contributed by atoms with van der Waals surface area (Å²) in [5.74, 6) is -0.347. The number of aliphatic hydroxyl groups is 1. The highest BCUT2D eigenvalue weighted by Gasteiger charge is 2.45. The number of amides is 3. The molecular weight excluding hydrogens is 524 g/mol. The summed E-state index contributed by atoms with van der Waals surface area (Å²) >= 11 is 1.66. The summed E-state index contributed by atoms with van der Waals surface area (Å²) in [5.41, 5.74) is 6.69. The predicted molar refractivity (Wildman–Crippen MR) is 152 cm³/mol. The molecule has 2 aliphatic heterocycles. The van der Waals surface area contributed by atoms with Crippen LogP contribution in [0.25, 0.3) is 10.4 Å². The van der Waals surface area contributed by atoms with Crippen molar-refractivity contribution in [1.29, 1.82) is 0 Å². The fourth-order valence-corrected chi connectivity index (χ4v) is 6.84. The summed E-state index contributed by atoms with van der Waals surface area (Å²) in [4.78, 5) is 49.2. The van der Waals surface area contributed by atoms with Crippen molar-refractivity contribution >= 4 is 29.1 Å². The number of hydrogen-bond acceptors (Lipinski definition) is 6. The van der Waals surface area contributed by atoms with Crippen LogP contribution in [-0.2, 0) is 22.7 Å². The van der Waals surface area contributed by atoms with E-state index >= 15 is 0 Å². The monoisotopic (exact) mass is 558 g/mol. The van der Waals surface area contributed by atoms with Gasteiger partial charge in [0.2, 0.25) is 11.8 Å². The normalized spacial score (nSPS) is 21.1. The van der Waals surface area contributed by atoms with Crippen LogP contribution in [0.5, 0.6) is 0 Å². The van der Waals surface area contributed by atoms with Crippen molar-refractivity contribution < 1.29 is 19.5 Å². The van der Waals surface area contributed by atoms with Gasteiger partial charge in [0, 0.05) is 37.5 Å². The van der Waals surface area contributed by atoms with Gasteiger partial charge in [-0.3, -0.25) is 14.4 Å². The molecular formula is C31H34N4O4S. The summed E-state index contributed by atoms with van der Waals surface area (Å²) in [6.07, 6.45) is 1.79. The molecule has 1 saturated heterocycles. The molecule has 40 heavy (non-hydrogen) atoms. The molecule has 1 aliphatic carbocycles. The fourth-order valence-electron chi connectivity index (χ4n) is 5.96. The SMILES string of the molecule is CC(C)C(C(=O)N1C[C@H](O)C[C@H]1C(=O)NCc1ccc(-c2scnc2C2CC2)cc1)N1Cc2ccccc2C1=O. The van der Waals surface area contributed by atoms with E-state index in [4.69, 9.17) is 0 Å². The van der Waals surface area contributed by atoms with E-state index in [-0.39, 0.29) is 36.6 Å². The van der Waals surface area contributed by atoms with Gasteiger partial charge in [-0.2, -0.15) is 0 Å². The van der Waals surface area contributed by atoms with Crippen molar-refractivity contribution in [2.24, 2.45) is 5.92 Å². The number of β-amino-alcohol motifs (C(OH)–C–C–N with tert-alkyl or cyclic N) is 1. The average molecular weight is 559 g/mol. The lowest BCUT2D eigenvalue weighted by molar-refractivity contribution is -0.143. The lowest BCUT2D eigenvalue weighted by Gasteiger charge is -2.35. The molecule has 0 spiro atoms. The van der Waals surface area contributed by atoms with E-state index in [9.17, 15) is 19.5 Å². The van der Waals surface area contributed by atoms with Crippen LogP contribution in [0.4, 0.5) is 0 Å². The van der Waals surface area contributed by atoms with Crippen molar-refractivity contribution in [1.82, 2.24) is 20.1 Å². The number of fused-ring (bicyclic) bond motifs is 1. The van der Waals surface area contributed by atoms with Gasteiger partial charge in [-0.1, -0.05) is 56.3 Å². The minimum Gasteiger partial charge on any atom is -0.391 e. The Balaban J connectivity index is 1.12. The molecule has 3 amide bonds. The number of aromatic nitrogens is 1. The first kappa shape index (κ1) is 26.7.